The highest BCUT2D eigenvalue weighted by Gasteiger charge is 2.39. The van der Waals surface area contributed by atoms with Crippen molar-refractivity contribution < 1.29 is 22.8 Å². The predicted molar refractivity (Wildman–Crippen MR) is 162 cm³/mol. The van der Waals surface area contributed by atoms with E-state index in [1.807, 2.05) is 55.5 Å². The first kappa shape index (κ1) is 29.3. The second-order valence-corrected chi connectivity index (χ2v) is 11.7. The fourth-order valence-electron chi connectivity index (χ4n) is 4.49. The van der Waals surface area contributed by atoms with E-state index >= 15 is 0 Å². The monoisotopic (exact) mass is 575 g/mol. The van der Waals surface area contributed by atoms with Crippen LogP contribution in [0.4, 0.5) is 21.9 Å². The van der Waals surface area contributed by atoms with E-state index in [0.29, 0.717) is 33.9 Å². The molecule has 0 saturated heterocycles. The van der Waals surface area contributed by atoms with Gasteiger partial charge in [-0.3, -0.25) is 13.9 Å². The average molecular weight is 576 g/mol. The van der Waals surface area contributed by atoms with Crippen molar-refractivity contribution in [2.75, 3.05) is 48.5 Å². The van der Waals surface area contributed by atoms with Crippen LogP contribution in [0.3, 0.4) is 0 Å². The quantitative estimate of drug-likeness (QED) is 0.395. The summed E-state index contributed by atoms with van der Waals surface area (Å²) in [6.07, 6.45) is 1.79. The lowest BCUT2D eigenvalue weighted by atomic mass is 9.98. The minimum Gasteiger partial charge on any atom is -0.354 e. The van der Waals surface area contributed by atoms with Gasteiger partial charge in [0.05, 0.1) is 28.9 Å². The Morgan fingerprint density at radius 2 is 1.61 bits per heavy atom. The molecule has 0 aliphatic carbocycles. The normalized spacial score (nSPS) is 13.9. The summed E-state index contributed by atoms with van der Waals surface area (Å²) < 4.78 is 26.0. The molecule has 0 unspecified atom stereocenters. The molecular formula is C30H33N5O5S. The van der Waals surface area contributed by atoms with Crippen LogP contribution in [0.2, 0.25) is 0 Å². The zero-order chi connectivity index (χ0) is 29.9. The second-order valence-electron chi connectivity index (χ2n) is 9.75. The molecule has 214 valence electrons. The summed E-state index contributed by atoms with van der Waals surface area (Å²) in [7, 11) is 0.864. The highest BCUT2D eigenvalue weighted by Crippen LogP contribution is 2.42. The van der Waals surface area contributed by atoms with E-state index in [2.05, 4.69) is 10.6 Å². The van der Waals surface area contributed by atoms with Crippen LogP contribution in [0.1, 0.15) is 23.6 Å². The predicted octanol–water partition coefficient (Wildman–Crippen LogP) is 3.77. The summed E-state index contributed by atoms with van der Waals surface area (Å²) in [5.74, 6) is -0.833. The van der Waals surface area contributed by atoms with Crippen molar-refractivity contribution in [3.05, 3.63) is 89.5 Å². The minimum atomic E-state index is -3.73. The molecule has 0 saturated carbocycles. The van der Waals surface area contributed by atoms with Gasteiger partial charge in [0.2, 0.25) is 15.9 Å². The zero-order valence-electron chi connectivity index (χ0n) is 23.6. The van der Waals surface area contributed by atoms with Crippen LogP contribution < -0.4 is 19.8 Å². The Kier molecular flexibility index (Phi) is 8.48. The SMILES string of the molecule is CCc1ccc2c(c1)N(C(=O)NC)C(=O)C2=C(Nc1ccc(N(CC(=O)N(C)C)S(C)(=O)=O)cc1)c1ccccc1. The number of hydrogen-bond donors (Lipinski definition) is 2. The average Bonchev–Trinajstić information content (AvgIpc) is 3.24. The Balaban J connectivity index is 1.81. The summed E-state index contributed by atoms with van der Waals surface area (Å²) in [6, 6.07) is 20.9. The molecule has 1 aliphatic heterocycles. The number of nitrogens with one attached hydrogen (secondary N) is 2. The highest BCUT2D eigenvalue weighted by molar-refractivity contribution is 7.92. The number of carbonyl (C=O) groups excluding carboxylic acids is 3. The summed E-state index contributed by atoms with van der Waals surface area (Å²) in [5.41, 5.74) is 4.54. The summed E-state index contributed by atoms with van der Waals surface area (Å²) in [4.78, 5) is 41.4. The van der Waals surface area contributed by atoms with Crippen molar-refractivity contribution in [1.82, 2.24) is 10.2 Å². The van der Waals surface area contributed by atoms with Gasteiger partial charge in [0.1, 0.15) is 6.54 Å². The smallest absolute Gasteiger partial charge is 0.328 e. The van der Waals surface area contributed by atoms with Gasteiger partial charge < -0.3 is 15.5 Å². The van der Waals surface area contributed by atoms with Gasteiger partial charge >= 0.3 is 6.03 Å². The molecule has 3 aromatic carbocycles. The van der Waals surface area contributed by atoms with Crippen LogP contribution in [0.15, 0.2) is 72.8 Å². The number of urea groups is 1. The van der Waals surface area contributed by atoms with E-state index in [1.54, 1.807) is 38.4 Å². The van der Waals surface area contributed by atoms with E-state index in [4.69, 9.17) is 0 Å². The number of aryl methyl sites for hydroxylation is 1. The molecule has 10 nitrogen and oxygen atoms in total. The van der Waals surface area contributed by atoms with Crippen LogP contribution in [-0.2, 0) is 26.0 Å². The maximum absolute atomic E-state index is 13.8. The number of hydrogen-bond acceptors (Lipinski definition) is 6. The fourth-order valence-corrected chi connectivity index (χ4v) is 5.34. The standard InChI is InChI=1S/C30H33N5O5S/c1-6-20-12-17-24-25(18-20)35(30(38)31-2)29(37)27(24)28(21-10-8-7-9-11-21)32-22-13-15-23(16-14-22)34(41(5,39)40)19-26(36)33(3)4/h7-18,32H,6,19H2,1-5H3,(H,31,38). The summed E-state index contributed by atoms with van der Waals surface area (Å²) in [6.45, 7) is 1.67. The van der Waals surface area contributed by atoms with Gasteiger partial charge in [-0.25, -0.2) is 18.1 Å². The third kappa shape index (κ3) is 6.09. The number of sulfonamides is 1. The van der Waals surface area contributed by atoms with E-state index in [0.717, 1.165) is 33.0 Å². The molecular weight excluding hydrogens is 542 g/mol. The molecule has 3 aromatic rings. The number of carbonyl (C=O) groups is 3. The van der Waals surface area contributed by atoms with Gasteiger partial charge in [-0.1, -0.05) is 49.4 Å². The lowest BCUT2D eigenvalue weighted by molar-refractivity contribution is -0.127. The van der Waals surface area contributed by atoms with E-state index in [1.165, 1.54) is 11.9 Å². The number of likely N-dealkylation sites (N-methyl/N-ethyl adjacent to an activating group) is 1. The lowest BCUT2D eigenvalue weighted by Gasteiger charge is -2.24. The molecule has 1 heterocycles. The molecule has 11 heteroatoms. The van der Waals surface area contributed by atoms with Crippen molar-refractivity contribution in [1.29, 1.82) is 0 Å². The van der Waals surface area contributed by atoms with Crippen LogP contribution in [0, 0.1) is 0 Å². The van der Waals surface area contributed by atoms with Crippen molar-refractivity contribution in [2.45, 2.75) is 13.3 Å². The maximum atomic E-state index is 13.8. The minimum absolute atomic E-state index is 0.322. The van der Waals surface area contributed by atoms with Gasteiger partial charge in [0.25, 0.3) is 5.91 Å². The largest absolute Gasteiger partial charge is 0.354 e. The topological polar surface area (TPSA) is 119 Å². The van der Waals surface area contributed by atoms with Gasteiger partial charge in [-0.2, -0.15) is 0 Å². The maximum Gasteiger partial charge on any atom is 0.328 e. The number of benzene rings is 3. The number of fused-ring (bicyclic) bond motifs is 1. The number of nitrogens with zero attached hydrogens (tertiary/aromatic N) is 3. The number of rotatable bonds is 8. The zero-order valence-corrected chi connectivity index (χ0v) is 24.5. The van der Waals surface area contributed by atoms with Crippen LogP contribution in [0.5, 0.6) is 0 Å². The molecule has 0 fully saturated rings. The number of anilines is 3. The van der Waals surface area contributed by atoms with E-state index in [9.17, 15) is 22.8 Å². The highest BCUT2D eigenvalue weighted by atomic mass is 32.2. The fraction of sp³-hybridized carbons (Fsp3) is 0.233. The Morgan fingerprint density at radius 1 is 0.951 bits per heavy atom. The Morgan fingerprint density at radius 3 is 2.17 bits per heavy atom. The molecule has 0 bridgehead atoms. The summed E-state index contributed by atoms with van der Waals surface area (Å²) >= 11 is 0. The molecule has 0 spiro atoms. The molecule has 0 atom stereocenters. The molecule has 41 heavy (non-hydrogen) atoms. The molecule has 4 amide bonds. The van der Waals surface area contributed by atoms with Crippen molar-refractivity contribution >= 4 is 56.2 Å². The lowest BCUT2D eigenvalue weighted by Crippen LogP contribution is -2.40. The first-order chi connectivity index (χ1) is 19.5. The summed E-state index contributed by atoms with van der Waals surface area (Å²) in [5, 5.41) is 5.89. The molecule has 1 aliphatic rings. The third-order valence-electron chi connectivity index (χ3n) is 6.73. The van der Waals surface area contributed by atoms with E-state index in [-0.39, 0.29) is 12.5 Å². The third-order valence-corrected chi connectivity index (χ3v) is 7.87. The van der Waals surface area contributed by atoms with Crippen LogP contribution in [0.25, 0.3) is 11.3 Å². The number of amides is 4. The van der Waals surface area contributed by atoms with Gasteiger partial charge in [-0.05, 0) is 47.9 Å². The Labute approximate surface area is 240 Å². The van der Waals surface area contributed by atoms with Gasteiger partial charge in [0.15, 0.2) is 0 Å². The van der Waals surface area contributed by atoms with Gasteiger partial charge in [-0.15, -0.1) is 0 Å². The number of imide groups is 1. The molecule has 0 radical (unpaired) electrons. The second kappa shape index (κ2) is 11.8. The van der Waals surface area contributed by atoms with Crippen LogP contribution in [-0.4, -0.2) is 65.1 Å². The van der Waals surface area contributed by atoms with Gasteiger partial charge in [0, 0.05) is 32.4 Å². The molecule has 4 rings (SSSR count). The first-order valence-corrected chi connectivity index (χ1v) is 14.8. The van der Waals surface area contributed by atoms with Crippen molar-refractivity contribution in [2.24, 2.45) is 0 Å². The Hall–Kier alpha value is -4.64. The molecule has 0 aromatic heterocycles. The van der Waals surface area contributed by atoms with Crippen molar-refractivity contribution in [3.63, 3.8) is 0 Å². The van der Waals surface area contributed by atoms with Crippen molar-refractivity contribution in [3.8, 4) is 0 Å². The molecule has 2 N–H and O–H groups in total. The Bertz CT molecular complexity index is 1620. The van der Waals surface area contributed by atoms with E-state index < -0.39 is 22.0 Å². The first-order valence-electron chi connectivity index (χ1n) is 13.0. The van der Waals surface area contributed by atoms with Crippen LogP contribution >= 0.6 is 0 Å².